The van der Waals surface area contributed by atoms with E-state index in [2.05, 4.69) is 19.2 Å². The zero-order valence-electron chi connectivity index (χ0n) is 10.4. The van der Waals surface area contributed by atoms with E-state index >= 15 is 0 Å². The molecular formula is C14H23NO. The zero-order valence-corrected chi connectivity index (χ0v) is 10.4. The molecule has 1 aromatic rings. The van der Waals surface area contributed by atoms with Crippen LogP contribution in [-0.2, 0) is 0 Å². The third-order valence-corrected chi connectivity index (χ3v) is 3.84. The molecule has 1 fully saturated rings. The third kappa shape index (κ3) is 2.88. The SMILES string of the molecule is CC(N[C@@H](C)C1CCCCC1)c1ccco1. The van der Waals surface area contributed by atoms with Crippen molar-refractivity contribution in [3.63, 3.8) is 0 Å². The summed E-state index contributed by atoms with van der Waals surface area (Å²) in [7, 11) is 0. The Labute approximate surface area is 98.4 Å². The molecule has 2 nitrogen and oxygen atoms in total. The van der Waals surface area contributed by atoms with Crippen LogP contribution in [0, 0.1) is 5.92 Å². The Hall–Kier alpha value is -0.760. The fourth-order valence-electron chi connectivity index (χ4n) is 2.78. The summed E-state index contributed by atoms with van der Waals surface area (Å²) in [5.74, 6) is 1.90. The van der Waals surface area contributed by atoms with Crippen LogP contribution in [0.15, 0.2) is 22.8 Å². The minimum absolute atomic E-state index is 0.326. The number of rotatable bonds is 4. The van der Waals surface area contributed by atoms with Crippen LogP contribution >= 0.6 is 0 Å². The second-order valence-corrected chi connectivity index (χ2v) is 5.09. The van der Waals surface area contributed by atoms with Gasteiger partial charge in [-0.15, -0.1) is 0 Å². The Morgan fingerprint density at radius 1 is 1.25 bits per heavy atom. The summed E-state index contributed by atoms with van der Waals surface area (Å²) in [6.45, 7) is 4.49. The molecule has 2 rings (SSSR count). The van der Waals surface area contributed by atoms with Gasteiger partial charge >= 0.3 is 0 Å². The van der Waals surface area contributed by atoms with Crippen molar-refractivity contribution >= 4 is 0 Å². The van der Waals surface area contributed by atoms with Crippen LogP contribution in [0.3, 0.4) is 0 Å². The summed E-state index contributed by atoms with van der Waals surface area (Å²) < 4.78 is 5.42. The van der Waals surface area contributed by atoms with Crippen LogP contribution in [-0.4, -0.2) is 6.04 Å². The first-order chi connectivity index (χ1) is 7.77. The van der Waals surface area contributed by atoms with Crippen LogP contribution in [0.25, 0.3) is 0 Å². The molecular weight excluding hydrogens is 198 g/mol. The Balaban J connectivity index is 1.84. The van der Waals surface area contributed by atoms with Gasteiger partial charge in [0.05, 0.1) is 12.3 Å². The van der Waals surface area contributed by atoms with Gasteiger partial charge < -0.3 is 9.73 Å². The summed E-state index contributed by atoms with van der Waals surface area (Å²) in [5.41, 5.74) is 0. The zero-order chi connectivity index (χ0) is 11.4. The Morgan fingerprint density at radius 3 is 2.62 bits per heavy atom. The van der Waals surface area contributed by atoms with Gasteiger partial charge in [0.25, 0.3) is 0 Å². The third-order valence-electron chi connectivity index (χ3n) is 3.84. The van der Waals surface area contributed by atoms with Gasteiger partial charge in [-0.3, -0.25) is 0 Å². The monoisotopic (exact) mass is 221 g/mol. The van der Waals surface area contributed by atoms with E-state index in [1.165, 1.54) is 32.1 Å². The first-order valence-corrected chi connectivity index (χ1v) is 6.57. The lowest BCUT2D eigenvalue weighted by Crippen LogP contribution is -2.36. The molecule has 90 valence electrons. The maximum absolute atomic E-state index is 5.42. The molecule has 1 aliphatic rings. The Morgan fingerprint density at radius 2 is 2.00 bits per heavy atom. The molecule has 2 atom stereocenters. The van der Waals surface area contributed by atoms with Crippen molar-refractivity contribution in [2.45, 2.75) is 58.0 Å². The second kappa shape index (κ2) is 5.53. The molecule has 1 unspecified atom stereocenters. The minimum Gasteiger partial charge on any atom is -0.468 e. The van der Waals surface area contributed by atoms with Crippen molar-refractivity contribution in [1.29, 1.82) is 0 Å². The van der Waals surface area contributed by atoms with Crippen LogP contribution in [0.4, 0.5) is 0 Å². The molecule has 1 aromatic heterocycles. The quantitative estimate of drug-likeness (QED) is 0.834. The smallest absolute Gasteiger partial charge is 0.120 e. The number of hydrogen-bond acceptors (Lipinski definition) is 2. The van der Waals surface area contributed by atoms with Crippen LogP contribution in [0.2, 0.25) is 0 Å². The van der Waals surface area contributed by atoms with Crippen molar-refractivity contribution in [1.82, 2.24) is 5.32 Å². The lowest BCUT2D eigenvalue weighted by molar-refractivity contribution is 0.259. The minimum atomic E-state index is 0.326. The molecule has 1 aliphatic carbocycles. The standard InChI is InChI=1S/C14H23NO/c1-11(13-7-4-3-5-8-13)15-12(2)14-9-6-10-16-14/h6,9-13,15H,3-5,7-8H2,1-2H3/t11-,12?/m0/s1. The Kier molecular flexibility index (Phi) is 4.05. The average molecular weight is 221 g/mol. The topological polar surface area (TPSA) is 25.2 Å². The largest absolute Gasteiger partial charge is 0.468 e. The molecule has 0 bridgehead atoms. The van der Waals surface area contributed by atoms with E-state index in [9.17, 15) is 0 Å². The normalized spacial score (nSPS) is 21.9. The lowest BCUT2D eigenvalue weighted by atomic mass is 9.84. The van der Waals surface area contributed by atoms with E-state index in [1.54, 1.807) is 6.26 Å². The first-order valence-electron chi connectivity index (χ1n) is 6.57. The molecule has 0 spiro atoms. The lowest BCUT2D eigenvalue weighted by Gasteiger charge is -2.30. The molecule has 0 aromatic carbocycles. The number of nitrogens with one attached hydrogen (secondary N) is 1. The van der Waals surface area contributed by atoms with E-state index in [4.69, 9.17) is 4.42 Å². The molecule has 0 radical (unpaired) electrons. The fourth-order valence-corrected chi connectivity index (χ4v) is 2.78. The van der Waals surface area contributed by atoms with Crippen molar-refractivity contribution in [3.05, 3.63) is 24.2 Å². The van der Waals surface area contributed by atoms with Gasteiger partial charge in [0.2, 0.25) is 0 Å². The van der Waals surface area contributed by atoms with Gasteiger partial charge in [-0.2, -0.15) is 0 Å². The molecule has 2 heteroatoms. The predicted molar refractivity (Wildman–Crippen MR) is 66.3 cm³/mol. The van der Waals surface area contributed by atoms with E-state index < -0.39 is 0 Å². The van der Waals surface area contributed by atoms with Gasteiger partial charge in [-0.25, -0.2) is 0 Å². The summed E-state index contributed by atoms with van der Waals surface area (Å²) >= 11 is 0. The molecule has 16 heavy (non-hydrogen) atoms. The Bertz CT molecular complexity index is 288. The van der Waals surface area contributed by atoms with Crippen LogP contribution in [0.5, 0.6) is 0 Å². The van der Waals surface area contributed by atoms with Crippen molar-refractivity contribution in [3.8, 4) is 0 Å². The maximum atomic E-state index is 5.42. The molecule has 0 amide bonds. The highest BCUT2D eigenvalue weighted by molar-refractivity contribution is 5.03. The van der Waals surface area contributed by atoms with E-state index in [0.717, 1.165) is 11.7 Å². The van der Waals surface area contributed by atoms with E-state index in [-0.39, 0.29) is 0 Å². The molecule has 1 saturated carbocycles. The summed E-state index contributed by atoms with van der Waals surface area (Å²) in [6, 6.07) is 4.93. The summed E-state index contributed by atoms with van der Waals surface area (Å²) in [5, 5.41) is 3.66. The van der Waals surface area contributed by atoms with Gasteiger partial charge in [-0.05, 0) is 44.7 Å². The van der Waals surface area contributed by atoms with E-state index in [1.807, 2.05) is 12.1 Å². The van der Waals surface area contributed by atoms with Crippen molar-refractivity contribution < 1.29 is 4.42 Å². The number of hydrogen-bond donors (Lipinski definition) is 1. The van der Waals surface area contributed by atoms with Gasteiger partial charge in [0.15, 0.2) is 0 Å². The van der Waals surface area contributed by atoms with Crippen molar-refractivity contribution in [2.24, 2.45) is 5.92 Å². The first kappa shape index (κ1) is 11.7. The molecule has 0 aliphatic heterocycles. The van der Waals surface area contributed by atoms with Gasteiger partial charge in [0.1, 0.15) is 5.76 Å². The number of furan rings is 1. The summed E-state index contributed by atoms with van der Waals surface area (Å²) in [4.78, 5) is 0. The maximum Gasteiger partial charge on any atom is 0.120 e. The highest BCUT2D eigenvalue weighted by atomic mass is 16.3. The van der Waals surface area contributed by atoms with E-state index in [0.29, 0.717) is 12.1 Å². The second-order valence-electron chi connectivity index (χ2n) is 5.09. The van der Waals surface area contributed by atoms with Crippen LogP contribution in [0.1, 0.15) is 57.8 Å². The molecule has 0 saturated heterocycles. The highest BCUT2D eigenvalue weighted by Crippen LogP contribution is 2.27. The average Bonchev–Trinajstić information content (AvgIpc) is 2.83. The molecule has 1 N–H and O–H groups in total. The van der Waals surface area contributed by atoms with Crippen molar-refractivity contribution in [2.75, 3.05) is 0 Å². The highest BCUT2D eigenvalue weighted by Gasteiger charge is 2.21. The van der Waals surface area contributed by atoms with Crippen LogP contribution < -0.4 is 5.32 Å². The fraction of sp³-hybridized carbons (Fsp3) is 0.714. The predicted octanol–water partition coefficient (Wildman–Crippen LogP) is 3.90. The molecule has 1 heterocycles. The summed E-state index contributed by atoms with van der Waals surface area (Å²) in [6.07, 6.45) is 8.77. The van der Waals surface area contributed by atoms with Gasteiger partial charge in [-0.1, -0.05) is 19.3 Å². The van der Waals surface area contributed by atoms with Gasteiger partial charge in [0, 0.05) is 6.04 Å².